The molecule has 15 heavy (non-hydrogen) atoms. The van der Waals surface area contributed by atoms with E-state index in [1.807, 2.05) is 0 Å². The summed E-state index contributed by atoms with van der Waals surface area (Å²) in [4.78, 5) is 25.0. The number of hydrogen-bond donors (Lipinski definition) is 1. The average molecular weight is 275 g/mol. The van der Waals surface area contributed by atoms with Gasteiger partial charge in [-0.25, -0.2) is 0 Å². The molecule has 0 bridgehead atoms. The van der Waals surface area contributed by atoms with Crippen LogP contribution in [0.15, 0.2) is 0 Å². The van der Waals surface area contributed by atoms with Crippen LogP contribution in [0, 0.1) is 0 Å². The van der Waals surface area contributed by atoms with Crippen LogP contribution in [0.1, 0.15) is 25.7 Å². The summed E-state index contributed by atoms with van der Waals surface area (Å²) in [5.74, 6) is 0.0488. The summed E-state index contributed by atoms with van der Waals surface area (Å²) in [6.45, 7) is 0.715. The van der Waals surface area contributed by atoms with Crippen LogP contribution in [0.2, 0.25) is 0 Å². The fourth-order valence-corrected chi connectivity index (χ4v) is 2.26. The second-order valence-corrected chi connectivity index (χ2v) is 4.72. The van der Waals surface area contributed by atoms with Gasteiger partial charge in [0.05, 0.1) is 5.33 Å². The zero-order valence-electron chi connectivity index (χ0n) is 8.54. The third-order valence-electron chi connectivity index (χ3n) is 2.91. The van der Waals surface area contributed by atoms with Crippen LogP contribution in [-0.4, -0.2) is 40.7 Å². The first-order chi connectivity index (χ1) is 7.22. The van der Waals surface area contributed by atoms with E-state index in [4.69, 9.17) is 0 Å². The molecule has 1 heterocycles. The average Bonchev–Trinajstić information content (AvgIpc) is 2.90. The van der Waals surface area contributed by atoms with E-state index >= 15 is 0 Å². The molecule has 1 N–H and O–H groups in total. The second kappa shape index (κ2) is 4.51. The summed E-state index contributed by atoms with van der Waals surface area (Å²) in [7, 11) is 0. The second-order valence-electron chi connectivity index (χ2n) is 4.16. The first-order valence-electron chi connectivity index (χ1n) is 5.38. The molecule has 1 atom stereocenters. The minimum Gasteiger partial charge on any atom is -0.352 e. The minimum absolute atomic E-state index is 0.0171. The van der Waals surface area contributed by atoms with Gasteiger partial charge in [-0.2, -0.15) is 0 Å². The highest BCUT2D eigenvalue weighted by Gasteiger charge is 2.35. The van der Waals surface area contributed by atoms with Gasteiger partial charge in [0.1, 0.15) is 6.04 Å². The number of halogens is 1. The number of amides is 2. The Morgan fingerprint density at radius 2 is 2.07 bits per heavy atom. The highest BCUT2D eigenvalue weighted by Crippen LogP contribution is 2.22. The number of carbonyl (C=O) groups is 2. The lowest BCUT2D eigenvalue weighted by Gasteiger charge is -2.23. The fraction of sp³-hybridized carbons (Fsp3) is 0.800. The lowest BCUT2D eigenvalue weighted by atomic mass is 10.2. The van der Waals surface area contributed by atoms with E-state index in [0.29, 0.717) is 17.9 Å². The van der Waals surface area contributed by atoms with Crippen molar-refractivity contribution in [2.24, 2.45) is 0 Å². The van der Waals surface area contributed by atoms with Crippen molar-refractivity contribution in [3.05, 3.63) is 0 Å². The molecule has 1 unspecified atom stereocenters. The molecule has 1 saturated carbocycles. The smallest absolute Gasteiger partial charge is 0.243 e. The normalized spacial score (nSPS) is 25.4. The number of nitrogens with zero attached hydrogens (tertiary/aromatic N) is 1. The summed E-state index contributed by atoms with van der Waals surface area (Å²) < 4.78 is 0. The maximum Gasteiger partial charge on any atom is 0.243 e. The van der Waals surface area contributed by atoms with Gasteiger partial charge in [0.2, 0.25) is 11.8 Å². The van der Waals surface area contributed by atoms with Crippen LogP contribution in [0.3, 0.4) is 0 Å². The molecule has 84 valence electrons. The molecule has 1 aliphatic carbocycles. The molecule has 0 spiro atoms. The highest BCUT2D eigenvalue weighted by molar-refractivity contribution is 9.09. The van der Waals surface area contributed by atoms with Crippen molar-refractivity contribution < 1.29 is 9.59 Å². The van der Waals surface area contributed by atoms with E-state index in [1.165, 1.54) is 0 Å². The van der Waals surface area contributed by atoms with Gasteiger partial charge in [-0.3, -0.25) is 9.59 Å². The summed E-state index contributed by atoms with van der Waals surface area (Å²) in [6.07, 6.45) is 3.91. The largest absolute Gasteiger partial charge is 0.352 e. The first kappa shape index (κ1) is 10.9. The zero-order chi connectivity index (χ0) is 10.8. The number of likely N-dealkylation sites (tertiary alicyclic amines) is 1. The van der Waals surface area contributed by atoms with E-state index < -0.39 is 0 Å². The van der Waals surface area contributed by atoms with Crippen LogP contribution in [0.5, 0.6) is 0 Å². The molecule has 1 aliphatic heterocycles. The van der Waals surface area contributed by atoms with Crippen molar-refractivity contribution in [3.63, 3.8) is 0 Å². The molecule has 1 saturated heterocycles. The van der Waals surface area contributed by atoms with Crippen molar-refractivity contribution in [1.82, 2.24) is 10.2 Å². The van der Waals surface area contributed by atoms with Crippen LogP contribution in [0.4, 0.5) is 0 Å². The van der Waals surface area contributed by atoms with Crippen LogP contribution in [0.25, 0.3) is 0 Å². The van der Waals surface area contributed by atoms with Crippen LogP contribution < -0.4 is 5.32 Å². The molecule has 0 aromatic carbocycles. The van der Waals surface area contributed by atoms with Gasteiger partial charge in [-0.05, 0) is 25.7 Å². The predicted octanol–water partition coefficient (Wildman–Crippen LogP) is 0.651. The molecule has 0 aromatic heterocycles. The van der Waals surface area contributed by atoms with Gasteiger partial charge in [0.15, 0.2) is 0 Å². The van der Waals surface area contributed by atoms with Crippen molar-refractivity contribution >= 4 is 27.7 Å². The van der Waals surface area contributed by atoms with E-state index in [0.717, 1.165) is 25.7 Å². The number of carbonyl (C=O) groups excluding carboxylic acids is 2. The summed E-state index contributed by atoms with van der Waals surface area (Å²) in [6, 6.07) is 0.148. The van der Waals surface area contributed by atoms with E-state index in [2.05, 4.69) is 21.2 Å². The SMILES string of the molecule is O=C(NC1CC1)C1CCCN1C(=O)CBr. The molecule has 2 rings (SSSR count). The number of hydrogen-bond acceptors (Lipinski definition) is 2. The third-order valence-corrected chi connectivity index (χ3v) is 3.39. The Labute approximate surface area is 97.5 Å². The van der Waals surface area contributed by atoms with E-state index in [1.54, 1.807) is 4.90 Å². The van der Waals surface area contributed by atoms with Crippen molar-refractivity contribution in [2.75, 3.05) is 11.9 Å². The molecule has 5 heteroatoms. The summed E-state index contributed by atoms with van der Waals surface area (Å²) >= 11 is 3.14. The van der Waals surface area contributed by atoms with Gasteiger partial charge in [-0.1, -0.05) is 15.9 Å². The molecule has 2 fully saturated rings. The lowest BCUT2D eigenvalue weighted by Crippen LogP contribution is -2.46. The molecule has 4 nitrogen and oxygen atoms in total. The van der Waals surface area contributed by atoms with E-state index in [9.17, 15) is 9.59 Å². The summed E-state index contributed by atoms with van der Waals surface area (Å²) in [5, 5.41) is 3.26. The number of rotatable bonds is 3. The Kier molecular flexibility index (Phi) is 3.29. The third kappa shape index (κ3) is 2.51. The monoisotopic (exact) mass is 274 g/mol. The molecule has 2 aliphatic rings. The molecule has 2 amide bonds. The van der Waals surface area contributed by atoms with Crippen molar-refractivity contribution in [2.45, 2.75) is 37.8 Å². The van der Waals surface area contributed by atoms with Crippen molar-refractivity contribution in [1.29, 1.82) is 0 Å². The number of nitrogens with one attached hydrogen (secondary N) is 1. The Morgan fingerprint density at radius 3 is 2.67 bits per heavy atom. The van der Waals surface area contributed by atoms with Crippen LogP contribution in [-0.2, 0) is 9.59 Å². The molecular formula is C10H15BrN2O2. The Balaban J connectivity index is 1.93. The minimum atomic E-state index is -0.226. The summed E-state index contributed by atoms with van der Waals surface area (Å²) in [5.41, 5.74) is 0. The van der Waals surface area contributed by atoms with Gasteiger partial charge < -0.3 is 10.2 Å². The topological polar surface area (TPSA) is 49.4 Å². The molecule has 0 aromatic rings. The lowest BCUT2D eigenvalue weighted by molar-refractivity contribution is -0.136. The predicted molar refractivity (Wildman–Crippen MR) is 59.7 cm³/mol. The fourth-order valence-electron chi connectivity index (χ4n) is 1.94. The Bertz CT molecular complexity index is 279. The Hall–Kier alpha value is -0.580. The van der Waals surface area contributed by atoms with E-state index in [-0.39, 0.29) is 17.9 Å². The molecule has 0 radical (unpaired) electrons. The van der Waals surface area contributed by atoms with Crippen molar-refractivity contribution in [3.8, 4) is 0 Å². The van der Waals surface area contributed by atoms with Gasteiger partial charge in [0.25, 0.3) is 0 Å². The quantitative estimate of drug-likeness (QED) is 0.769. The molecular weight excluding hydrogens is 260 g/mol. The maximum absolute atomic E-state index is 11.8. The first-order valence-corrected chi connectivity index (χ1v) is 6.50. The van der Waals surface area contributed by atoms with Crippen LogP contribution >= 0.6 is 15.9 Å². The Morgan fingerprint density at radius 1 is 1.33 bits per heavy atom. The van der Waals surface area contributed by atoms with Gasteiger partial charge >= 0.3 is 0 Å². The number of alkyl halides is 1. The maximum atomic E-state index is 11.8. The standard InChI is InChI=1S/C10H15BrN2O2/c11-6-9(14)13-5-1-2-8(13)10(15)12-7-3-4-7/h7-8H,1-6H2,(H,12,15). The van der Waals surface area contributed by atoms with Gasteiger partial charge in [0, 0.05) is 12.6 Å². The van der Waals surface area contributed by atoms with Gasteiger partial charge in [-0.15, -0.1) is 0 Å². The zero-order valence-corrected chi connectivity index (χ0v) is 10.1. The highest BCUT2D eigenvalue weighted by atomic mass is 79.9.